The molecule has 0 fully saturated rings. The van der Waals surface area contributed by atoms with E-state index in [1.165, 1.54) is 7.05 Å². The highest BCUT2D eigenvalue weighted by Gasteiger charge is 2.23. The van der Waals surface area contributed by atoms with Gasteiger partial charge in [-0.2, -0.15) is 9.49 Å². The second kappa shape index (κ2) is 8.28. The van der Waals surface area contributed by atoms with Crippen molar-refractivity contribution in [3.05, 3.63) is 47.0 Å². The van der Waals surface area contributed by atoms with Crippen LogP contribution >= 0.6 is 0 Å². The van der Waals surface area contributed by atoms with Crippen LogP contribution in [-0.2, 0) is 7.05 Å². The molecule has 0 aliphatic heterocycles. The molecule has 1 amide bonds. The summed E-state index contributed by atoms with van der Waals surface area (Å²) in [6.45, 7) is 8.22. The summed E-state index contributed by atoms with van der Waals surface area (Å²) in [5, 5.41) is 6.88. The van der Waals surface area contributed by atoms with Gasteiger partial charge >= 0.3 is 0 Å². The first-order valence-corrected chi connectivity index (χ1v) is 8.96. The molecule has 5 heteroatoms. The van der Waals surface area contributed by atoms with Crippen molar-refractivity contribution in [1.82, 2.24) is 9.78 Å². The average molecular weight is 345 g/mol. The first-order chi connectivity index (χ1) is 11.9. The average Bonchev–Trinajstić information content (AvgIpc) is 2.81. The maximum Gasteiger partial charge on any atom is 0.262 e. The number of nitrogens with one attached hydrogen (secondary N) is 1. The van der Waals surface area contributed by atoms with Crippen LogP contribution in [0.25, 0.3) is 0 Å². The van der Waals surface area contributed by atoms with E-state index in [4.69, 9.17) is 0 Å². The predicted molar refractivity (Wildman–Crippen MR) is 99.4 cm³/mol. The normalized spacial score (nSPS) is 12.4. The van der Waals surface area contributed by atoms with Crippen molar-refractivity contribution in [2.24, 2.45) is 13.0 Å². The van der Waals surface area contributed by atoms with E-state index >= 15 is 0 Å². The van der Waals surface area contributed by atoms with E-state index in [-0.39, 0.29) is 5.56 Å². The molecule has 1 atom stereocenters. The summed E-state index contributed by atoms with van der Waals surface area (Å²) >= 11 is 0. The molecule has 136 valence electrons. The zero-order valence-electron chi connectivity index (χ0n) is 15.8. The van der Waals surface area contributed by atoms with E-state index in [0.29, 0.717) is 17.5 Å². The fourth-order valence-corrected chi connectivity index (χ4v) is 3.28. The Morgan fingerprint density at radius 1 is 1.32 bits per heavy atom. The molecular weight excluding hydrogens is 317 g/mol. The second-order valence-corrected chi connectivity index (χ2v) is 6.91. The molecule has 1 N–H and O–H groups in total. The lowest BCUT2D eigenvalue weighted by Crippen LogP contribution is -2.17. The van der Waals surface area contributed by atoms with Gasteiger partial charge in [-0.3, -0.25) is 4.79 Å². The first kappa shape index (κ1) is 19.2. The number of carbonyl (C=O) groups excluding carboxylic acids is 1. The number of hydrogen-bond acceptors (Lipinski definition) is 2. The fraction of sp³-hybridized carbons (Fsp3) is 0.500. The Hall–Kier alpha value is -2.17. The molecule has 1 heterocycles. The summed E-state index contributed by atoms with van der Waals surface area (Å²) in [5.41, 5.74) is 2.26. The fourth-order valence-electron chi connectivity index (χ4n) is 3.28. The molecule has 0 saturated carbocycles. The Morgan fingerprint density at radius 2 is 2.00 bits per heavy atom. The Balaban J connectivity index is 2.32. The highest BCUT2D eigenvalue weighted by molar-refractivity contribution is 6.05. The summed E-state index contributed by atoms with van der Waals surface area (Å²) < 4.78 is 15.3. The van der Waals surface area contributed by atoms with Crippen LogP contribution in [0.1, 0.15) is 67.6 Å². The van der Waals surface area contributed by atoms with Crippen molar-refractivity contribution < 1.29 is 9.18 Å². The Labute approximate surface area is 149 Å². The number of nitrogens with zero attached hydrogens (tertiary/aromatic N) is 2. The van der Waals surface area contributed by atoms with Gasteiger partial charge in [-0.05, 0) is 36.8 Å². The van der Waals surface area contributed by atoms with Crippen LogP contribution in [0.4, 0.5) is 10.1 Å². The molecule has 1 aromatic heterocycles. The number of aryl methyl sites for hydroxylation is 2. The number of unbranched alkanes of at least 4 members (excludes halogenated alkanes) is 1. The first-order valence-electron chi connectivity index (χ1n) is 8.96. The molecule has 1 aromatic carbocycles. The Bertz CT molecular complexity index is 737. The zero-order valence-corrected chi connectivity index (χ0v) is 15.8. The Morgan fingerprint density at radius 3 is 2.56 bits per heavy atom. The minimum Gasteiger partial charge on any atom is -0.322 e. The number of anilines is 1. The summed E-state index contributed by atoms with van der Waals surface area (Å²) in [6, 6.07) is 7.82. The third-order valence-corrected chi connectivity index (χ3v) is 4.66. The van der Waals surface area contributed by atoms with Crippen molar-refractivity contribution in [1.29, 1.82) is 0 Å². The van der Waals surface area contributed by atoms with E-state index in [0.717, 1.165) is 35.2 Å². The van der Waals surface area contributed by atoms with Crippen molar-refractivity contribution in [3.8, 4) is 0 Å². The van der Waals surface area contributed by atoms with Crippen molar-refractivity contribution in [2.75, 3.05) is 5.32 Å². The van der Waals surface area contributed by atoms with Gasteiger partial charge in [0.05, 0.1) is 5.69 Å². The van der Waals surface area contributed by atoms with Crippen LogP contribution in [0.3, 0.4) is 0 Å². The van der Waals surface area contributed by atoms with Gasteiger partial charge in [-0.1, -0.05) is 51.8 Å². The van der Waals surface area contributed by atoms with Crippen LogP contribution in [0.15, 0.2) is 24.3 Å². The van der Waals surface area contributed by atoms with Crippen LogP contribution in [-0.4, -0.2) is 15.7 Å². The smallest absolute Gasteiger partial charge is 0.262 e. The standard InChI is InChI=1S/C20H28FN3O/c1-6-7-10-15(13(2)3)16-11-8-9-12-17(16)22-20(25)18-14(4)23-24(5)19(18)21/h8-9,11-13,15H,6-7,10H2,1-5H3,(H,22,25). The molecule has 0 aliphatic carbocycles. The third kappa shape index (κ3) is 4.27. The van der Waals surface area contributed by atoms with Gasteiger partial charge in [0.15, 0.2) is 0 Å². The minimum atomic E-state index is -0.612. The van der Waals surface area contributed by atoms with Crippen LogP contribution in [0.5, 0.6) is 0 Å². The minimum absolute atomic E-state index is 0.00644. The van der Waals surface area contributed by atoms with E-state index in [9.17, 15) is 9.18 Å². The lowest BCUT2D eigenvalue weighted by atomic mass is 9.83. The topological polar surface area (TPSA) is 46.9 Å². The molecule has 2 aromatic rings. The van der Waals surface area contributed by atoms with Gasteiger partial charge < -0.3 is 5.32 Å². The molecule has 0 saturated heterocycles. The predicted octanol–water partition coefficient (Wildman–Crippen LogP) is 5.05. The summed E-state index contributed by atoms with van der Waals surface area (Å²) in [7, 11) is 1.49. The molecule has 0 bridgehead atoms. The SMILES string of the molecule is CCCCC(c1ccccc1NC(=O)c1c(C)nn(C)c1F)C(C)C. The van der Waals surface area contributed by atoms with Gasteiger partial charge in [0.25, 0.3) is 5.91 Å². The van der Waals surface area contributed by atoms with Gasteiger partial charge in [-0.15, -0.1) is 0 Å². The van der Waals surface area contributed by atoms with Gasteiger partial charge in [-0.25, -0.2) is 4.68 Å². The summed E-state index contributed by atoms with van der Waals surface area (Å²) in [5.74, 6) is -0.245. The molecule has 2 rings (SSSR count). The number of amides is 1. The van der Waals surface area contributed by atoms with Crippen LogP contribution in [0.2, 0.25) is 0 Å². The zero-order chi connectivity index (χ0) is 18.6. The van der Waals surface area contributed by atoms with Crippen LogP contribution in [0, 0.1) is 18.8 Å². The maximum atomic E-state index is 14.2. The van der Waals surface area contributed by atoms with E-state index in [1.807, 2.05) is 18.2 Å². The highest BCUT2D eigenvalue weighted by Crippen LogP contribution is 2.34. The lowest BCUT2D eigenvalue weighted by Gasteiger charge is -2.24. The van der Waals surface area contributed by atoms with Gasteiger partial charge in [0.2, 0.25) is 5.95 Å². The summed E-state index contributed by atoms with van der Waals surface area (Å²) in [4.78, 5) is 12.6. The quantitative estimate of drug-likeness (QED) is 0.763. The summed E-state index contributed by atoms with van der Waals surface area (Å²) in [6.07, 6.45) is 3.35. The van der Waals surface area contributed by atoms with E-state index in [1.54, 1.807) is 6.92 Å². The van der Waals surface area contributed by atoms with Gasteiger partial charge in [0, 0.05) is 12.7 Å². The largest absolute Gasteiger partial charge is 0.322 e. The molecule has 4 nitrogen and oxygen atoms in total. The third-order valence-electron chi connectivity index (χ3n) is 4.66. The maximum absolute atomic E-state index is 14.2. The van der Waals surface area contributed by atoms with Crippen molar-refractivity contribution >= 4 is 11.6 Å². The number of aromatic nitrogens is 2. The number of carbonyl (C=O) groups is 1. The van der Waals surface area contributed by atoms with Crippen molar-refractivity contribution in [2.45, 2.75) is 52.9 Å². The molecule has 0 spiro atoms. The van der Waals surface area contributed by atoms with Crippen LogP contribution < -0.4 is 5.32 Å². The number of hydrogen-bond donors (Lipinski definition) is 1. The van der Waals surface area contributed by atoms with E-state index in [2.05, 4.69) is 37.3 Å². The lowest BCUT2D eigenvalue weighted by molar-refractivity contribution is 0.102. The molecular formula is C20H28FN3O. The number of para-hydroxylation sites is 1. The van der Waals surface area contributed by atoms with Crippen molar-refractivity contribution in [3.63, 3.8) is 0 Å². The second-order valence-electron chi connectivity index (χ2n) is 6.91. The Kier molecular flexibility index (Phi) is 6.34. The molecule has 0 radical (unpaired) electrons. The number of halogens is 1. The van der Waals surface area contributed by atoms with E-state index < -0.39 is 11.9 Å². The number of benzene rings is 1. The molecule has 0 aliphatic rings. The van der Waals surface area contributed by atoms with Gasteiger partial charge in [0.1, 0.15) is 5.56 Å². The molecule has 1 unspecified atom stereocenters. The highest BCUT2D eigenvalue weighted by atomic mass is 19.1. The monoisotopic (exact) mass is 345 g/mol. The number of rotatable bonds is 7. The molecule has 25 heavy (non-hydrogen) atoms.